The molecule has 0 saturated carbocycles. The van der Waals surface area contributed by atoms with Crippen molar-refractivity contribution in [2.45, 2.75) is 19.4 Å². The summed E-state index contributed by atoms with van der Waals surface area (Å²) in [6.45, 7) is 1.87. The van der Waals surface area contributed by atoms with Gasteiger partial charge in [0.15, 0.2) is 0 Å². The average Bonchev–Trinajstić information content (AvgIpc) is 2.46. The van der Waals surface area contributed by atoms with Crippen LogP contribution in [0.15, 0.2) is 30.6 Å². The van der Waals surface area contributed by atoms with Gasteiger partial charge in [0.2, 0.25) is 5.88 Å². The molecule has 106 valence electrons. The Morgan fingerprint density at radius 2 is 2.15 bits per heavy atom. The van der Waals surface area contributed by atoms with Crippen LogP contribution in [-0.2, 0) is 6.42 Å². The lowest BCUT2D eigenvalue weighted by atomic mass is 9.99. The maximum atomic E-state index is 13.1. The molecule has 1 aromatic heterocycles. The first kappa shape index (κ1) is 14.4. The van der Waals surface area contributed by atoms with Gasteiger partial charge in [-0.1, -0.05) is 6.07 Å². The number of aromatic nitrogens is 2. The minimum absolute atomic E-state index is 0.198. The number of nitrogens with one attached hydrogen (secondary N) is 1. The van der Waals surface area contributed by atoms with Crippen molar-refractivity contribution in [3.63, 3.8) is 0 Å². The second-order valence-corrected chi connectivity index (χ2v) is 4.48. The van der Waals surface area contributed by atoms with Crippen molar-refractivity contribution < 1.29 is 9.13 Å². The molecule has 0 aliphatic rings. The van der Waals surface area contributed by atoms with Gasteiger partial charge in [-0.05, 0) is 36.6 Å². The molecule has 0 saturated heterocycles. The third-order valence-electron chi connectivity index (χ3n) is 3.16. The van der Waals surface area contributed by atoms with E-state index in [0.717, 1.165) is 16.8 Å². The molecular weight excluding hydrogens is 259 g/mol. The second kappa shape index (κ2) is 6.40. The number of hydrogen-bond donors (Lipinski definition) is 2. The zero-order valence-electron chi connectivity index (χ0n) is 11.4. The molecule has 1 unspecified atom stereocenters. The molecule has 2 rings (SSSR count). The van der Waals surface area contributed by atoms with E-state index in [0.29, 0.717) is 12.3 Å². The molecule has 0 bridgehead atoms. The largest absolute Gasteiger partial charge is 0.481 e. The number of rotatable bonds is 5. The molecule has 2 aromatic rings. The van der Waals surface area contributed by atoms with E-state index in [9.17, 15) is 4.39 Å². The Labute approximate surface area is 117 Å². The first-order valence-corrected chi connectivity index (χ1v) is 6.21. The first-order valence-electron chi connectivity index (χ1n) is 6.21. The van der Waals surface area contributed by atoms with Crippen LogP contribution in [0.25, 0.3) is 0 Å². The Balaban J connectivity index is 2.23. The standard InChI is InChI=1S/C14H17FN4O/c1-9-5-11(15)4-3-10(9)6-13(19-16)12-7-14(20-2)18-8-17-12/h3-5,7-8,13,19H,6,16H2,1-2H3. The van der Waals surface area contributed by atoms with Gasteiger partial charge in [-0.15, -0.1) is 0 Å². The number of benzene rings is 1. The number of nitrogens with two attached hydrogens (primary N) is 1. The van der Waals surface area contributed by atoms with Gasteiger partial charge in [0, 0.05) is 6.07 Å². The maximum absolute atomic E-state index is 13.1. The number of aryl methyl sites for hydroxylation is 1. The minimum Gasteiger partial charge on any atom is -0.481 e. The summed E-state index contributed by atoms with van der Waals surface area (Å²) in [5.41, 5.74) is 5.33. The molecule has 0 amide bonds. The lowest BCUT2D eigenvalue weighted by Crippen LogP contribution is -2.30. The van der Waals surface area contributed by atoms with Gasteiger partial charge in [-0.2, -0.15) is 0 Å². The van der Waals surface area contributed by atoms with Gasteiger partial charge in [0.1, 0.15) is 12.1 Å². The Morgan fingerprint density at radius 3 is 2.80 bits per heavy atom. The van der Waals surface area contributed by atoms with Crippen LogP contribution in [0.1, 0.15) is 22.9 Å². The fraction of sp³-hybridized carbons (Fsp3) is 0.286. The SMILES string of the molecule is COc1cc(C(Cc2ccc(F)cc2C)NN)ncn1. The van der Waals surface area contributed by atoms with Gasteiger partial charge in [-0.3, -0.25) is 11.3 Å². The summed E-state index contributed by atoms with van der Waals surface area (Å²) in [5.74, 6) is 5.83. The van der Waals surface area contributed by atoms with E-state index in [1.165, 1.54) is 18.5 Å². The highest BCUT2D eigenvalue weighted by Gasteiger charge is 2.14. The molecule has 6 heteroatoms. The van der Waals surface area contributed by atoms with Crippen molar-refractivity contribution in [3.05, 3.63) is 53.2 Å². The van der Waals surface area contributed by atoms with E-state index in [1.807, 2.05) is 6.92 Å². The highest BCUT2D eigenvalue weighted by atomic mass is 19.1. The summed E-state index contributed by atoms with van der Waals surface area (Å²) in [6, 6.07) is 6.23. The molecule has 1 atom stereocenters. The van der Waals surface area contributed by atoms with Gasteiger partial charge < -0.3 is 4.74 Å². The third kappa shape index (κ3) is 3.28. The van der Waals surface area contributed by atoms with Gasteiger partial charge >= 0.3 is 0 Å². The van der Waals surface area contributed by atoms with Crippen LogP contribution in [0.2, 0.25) is 0 Å². The van der Waals surface area contributed by atoms with E-state index < -0.39 is 0 Å². The summed E-state index contributed by atoms with van der Waals surface area (Å²) in [7, 11) is 1.54. The van der Waals surface area contributed by atoms with Gasteiger partial charge in [-0.25, -0.2) is 14.4 Å². The minimum atomic E-state index is -0.243. The van der Waals surface area contributed by atoms with Crippen molar-refractivity contribution in [2.75, 3.05) is 7.11 Å². The van der Waals surface area contributed by atoms with Gasteiger partial charge in [0.05, 0.1) is 18.8 Å². The van der Waals surface area contributed by atoms with Crippen molar-refractivity contribution in [1.29, 1.82) is 0 Å². The topological polar surface area (TPSA) is 73.1 Å². The maximum Gasteiger partial charge on any atom is 0.216 e. The van der Waals surface area contributed by atoms with E-state index in [2.05, 4.69) is 15.4 Å². The zero-order chi connectivity index (χ0) is 14.5. The summed E-state index contributed by atoms with van der Waals surface area (Å²) >= 11 is 0. The van der Waals surface area contributed by atoms with E-state index in [1.54, 1.807) is 19.2 Å². The molecule has 20 heavy (non-hydrogen) atoms. The molecule has 0 spiro atoms. The van der Waals surface area contributed by atoms with E-state index >= 15 is 0 Å². The summed E-state index contributed by atoms with van der Waals surface area (Å²) in [4.78, 5) is 8.15. The van der Waals surface area contributed by atoms with Crippen LogP contribution in [0, 0.1) is 12.7 Å². The van der Waals surface area contributed by atoms with Crippen LogP contribution in [0.5, 0.6) is 5.88 Å². The number of nitrogens with zero attached hydrogens (tertiary/aromatic N) is 2. The Kier molecular flexibility index (Phi) is 4.60. The lowest BCUT2D eigenvalue weighted by molar-refractivity contribution is 0.393. The molecule has 1 aromatic carbocycles. The van der Waals surface area contributed by atoms with Crippen LogP contribution >= 0.6 is 0 Å². The molecule has 1 heterocycles. The average molecular weight is 276 g/mol. The number of hydrogen-bond acceptors (Lipinski definition) is 5. The molecule has 3 N–H and O–H groups in total. The van der Waals surface area contributed by atoms with Gasteiger partial charge in [0.25, 0.3) is 0 Å². The van der Waals surface area contributed by atoms with E-state index in [4.69, 9.17) is 10.6 Å². The second-order valence-electron chi connectivity index (χ2n) is 4.48. The molecule has 0 radical (unpaired) electrons. The number of methoxy groups -OCH3 is 1. The van der Waals surface area contributed by atoms with Crippen LogP contribution in [-0.4, -0.2) is 17.1 Å². The summed E-state index contributed by atoms with van der Waals surface area (Å²) in [5, 5.41) is 0. The molecule has 0 aliphatic heterocycles. The van der Waals surface area contributed by atoms with Crippen molar-refractivity contribution in [2.24, 2.45) is 5.84 Å². The normalized spacial score (nSPS) is 12.2. The zero-order valence-corrected chi connectivity index (χ0v) is 11.4. The van der Waals surface area contributed by atoms with Crippen molar-refractivity contribution in [3.8, 4) is 5.88 Å². The predicted molar refractivity (Wildman–Crippen MR) is 73.5 cm³/mol. The summed E-state index contributed by atoms with van der Waals surface area (Å²) in [6.07, 6.45) is 2.03. The monoisotopic (exact) mass is 276 g/mol. The molecule has 0 fully saturated rings. The van der Waals surface area contributed by atoms with Crippen LogP contribution < -0.4 is 16.0 Å². The Morgan fingerprint density at radius 1 is 1.35 bits per heavy atom. The molecule has 5 nitrogen and oxygen atoms in total. The van der Waals surface area contributed by atoms with Crippen LogP contribution in [0.3, 0.4) is 0 Å². The Bertz CT molecular complexity index is 591. The molecular formula is C14H17FN4O. The first-order chi connectivity index (χ1) is 9.63. The number of hydrazine groups is 1. The fourth-order valence-electron chi connectivity index (χ4n) is 2.01. The Hall–Kier alpha value is -2.05. The predicted octanol–water partition coefficient (Wildman–Crippen LogP) is 1.68. The lowest BCUT2D eigenvalue weighted by Gasteiger charge is -2.17. The van der Waals surface area contributed by atoms with Crippen LogP contribution in [0.4, 0.5) is 4.39 Å². The highest BCUT2D eigenvalue weighted by Crippen LogP contribution is 2.20. The van der Waals surface area contributed by atoms with Crippen molar-refractivity contribution >= 4 is 0 Å². The number of halogens is 1. The fourth-order valence-corrected chi connectivity index (χ4v) is 2.01. The highest BCUT2D eigenvalue weighted by molar-refractivity contribution is 5.29. The smallest absolute Gasteiger partial charge is 0.216 e. The van der Waals surface area contributed by atoms with Crippen molar-refractivity contribution in [1.82, 2.24) is 15.4 Å². The van der Waals surface area contributed by atoms with E-state index in [-0.39, 0.29) is 11.9 Å². The molecule has 0 aliphatic carbocycles. The number of ether oxygens (including phenoxy) is 1. The summed E-state index contributed by atoms with van der Waals surface area (Å²) < 4.78 is 18.2. The quantitative estimate of drug-likeness (QED) is 0.642. The third-order valence-corrected chi connectivity index (χ3v) is 3.16.